The van der Waals surface area contributed by atoms with Crippen LogP contribution >= 0.6 is 15.9 Å². The normalized spacial score (nSPS) is 17.8. The third-order valence-electron chi connectivity index (χ3n) is 6.96. The standard InChI is InChI=1S/C27H26BrN5O4/c1-3-31-25(34)21-23(33-15-19(29-27(31)33)12-16-7-5-4-6-8-16)30-24(26(35)36-2)32(21)14-17-11-18-9-10-37-22(18)20(28)13-17/h4-8,11,13,19H,3,9-10,12,14-15H2,1-2H3. The molecule has 37 heavy (non-hydrogen) atoms. The molecule has 0 aliphatic carbocycles. The number of aliphatic imine (C=N–C) groups is 1. The van der Waals surface area contributed by atoms with Gasteiger partial charge in [-0.15, -0.1) is 0 Å². The Balaban J connectivity index is 1.42. The zero-order valence-corrected chi connectivity index (χ0v) is 22.2. The van der Waals surface area contributed by atoms with Crippen LogP contribution in [0.4, 0.5) is 5.82 Å². The molecule has 0 bridgehead atoms. The predicted molar refractivity (Wildman–Crippen MR) is 141 cm³/mol. The van der Waals surface area contributed by atoms with Crippen LogP contribution in [0.15, 0.2) is 51.9 Å². The highest BCUT2D eigenvalue weighted by molar-refractivity contribution is 9.10. The van der Waals surface area contributed by atoms with E-state index < -0.39 is 5.97 Å². The Kier molecular flexibility index (Phi) is 5.98. The van der Waals surface area contributed by atoms with Gasteiger partial charge in [0, 0.05) is 13.0 Å². The quantitative estimate of drug-likeness (QED) is 0.425. The first kappa shape index (κ1) is 23.7. The Bertz CT molecular complexity index is 1430. The Morgan fingerprint density at radius 1 is 1.22 bits per heavy atom. The number of fused-ring (bicyclic) bond motifs is 4. The van der Waals surface area contributed by atoms with Crippen molar-refractivity contribution in [3.63, 3.8) is 0 Å². The number of hydrogen-bond acceptors (Lipinski definition) is 7. The zero-order valence-electron chi connectivity index (χ0n) is 20.6. The summed E-state index contributed by atoms with van der Waals surface area (Å²) in [5.41, 5.74) is 3.57. The monoisotopic (exact) mass is 563 g/mol. The minimum atomic E-state index is -0.590. The number of benzene rings is 2. The smallest absolute Gasteiger partial charge is 0.374 e. The van der Waals surface area contributed by atoms with Crippen LogP contribution in [0.25, 0.3) is 0 Å². The van der Waals surface area contributed by atoms with Gasteiger partial charge < -0.3 is 14.0 Å². The molecule has 190 valence electrons. The molecule has 0 saturated heterocycles. The summed E-state index contributed by atoms with van der Waals surface area (Å²) in [7, 11) is 1.32. The van der Waals surface area contributed by atoms with E-state index in [1.54, 1.807) is 9.47 Å². The molecule has 2 aromatic carbocycles. The van der Waals surface area contributed by atoms with E-state index in [4.69, 9.17) is 14.5 Å². The number of imidazole rings is 1. The highest BCUT2D eigenvalue weighted by Crippen LogP contribution is 2.37. The van der Waals surface area contributed by atoms with Gasteiger partial charge in [0.2, 0.25) is 11.8 Å². The molecule has 0 fully saturated rings. The summed E-state index contributed by atoms with van der Waals surface area (Å²) < 4.78 is 13.3. The maximum absolute atomic E-state index is 13.8. The lowest BCUT2D eigenvalue weighted by molar-refractivity contribution is 0.0581. The topological polar surface area (TPSA) is 89.3 Å². The maximum atomic E-state index is 13.8. The SMILES string of the molecule is CCN1C(=O)c2c(nc(C(=O)OC)n2Cc2cc(Br)c3c(c2)CCO3)N2CC(Cc3ccccc3)N=C12. The molecule has 1 atom stereocenters. The first-order valence-corrected chi connectivity index (χ1v) is 13.1. The molecule has 10 heteroatoms. The summed E-state index contributed by atoms with van der Waals surface area (Å²) in [6, 6.07) is 14.2. The van der Waals surface area contributed by atoms with Gasteiger partial charge in [-0.1, -0.05) is 36.4 Å². The van der Waals surface area contributed by atoms with Gasteiger partial charge in [0.1, 0.15) is 5.75 Å². The minimum absolute atomic E-state index is 0.0374. The Hall–Kier alpha value is -3.66. The number of esters is 1. The second-order valence-corrected chi connectivity index (χ2v) is 10.1. The molecule has 0 spiro atoms. The van der Waals surface area contributed by atoms with Gasteiger partial charge >= 0.3 is 5.97 Å². The number of methoxy groups -OCH3 is 1. The number of carbonyl (C=O) groups excluding carboxylic acids is 2. The Labute approximate surface area is 222 Å². The van der Waals surface area contributed by atoms with E-state index in [0.717, 1.165) is 34.2 Å². The molecule has 0 saturated carbocycles. The van der Waals surface area contributed by atoms with E-state index in [1.807, 2.05) is 36.1 Å². The summed E-state index contributed by atoms with van der Waals surface area (Å²) in [5, 5.41) is 0. The number of guanidine groups is 1. The van der Waals surface area contributed by atoms with E-state index >= 15 is 0 Å². The van der Waals surface area contributed by atoms with Crippen molar-refractivity contribution in [1.82, 2.24) is 14.5 Å². The van der Waals surface area contributed by atoms with Gasteiger partial charge in [-0.3, -0.25) is 14.6 Å². The number of aromatic nitrogens is 2. The van der Waals surface area contributed by atoms with E-state index in [9.17, 15) is 9.59 Å². The molecule has 3 aliphatic rings. The van der Waals surface area contributed by atoms with Gasteiger partial charge in [-0.05, 0) is 52.0 Å². The lowest BCUT2D eigenvalue weighted by Crippen LogP contribution is -2.50. The molecule has 0 N–H and O–H groups in total. The summed E-state index contributed by atoms with van der Waals surface area (Å²) in [4.78, 5) is 39.9. The maximum Gasteiger partial charge on any atom is 0.374 e. The molecular weight excluding hydrogens is 538 g/mol. The minimum Gasteiger partial charge on any atom is -0.492 e. The van der Waals surface area contributed by atoms with Crippen molar-refractivity contribution in [3.05, 3.63) is 75.1 Å². The van der Waals surface area contributed by atoms with E-state index in [2.05, 4.69) is 39.1 Å². The fraction of sp³-hybridized carbons (Fsp3) is 0.333. The van der Waals surface area contributed by atoms with E-state index in [0.29, 0.717) is 37.2 Å². The first-order valence-electron chi connectivity index (χ1n) is 12.3. The second kappa shape index (κ2) is 9.33. The molecule has 3 aliphatic heterocycles. The van der Waals surface area contributed by atoms with E-state index in [-0.39, 0.29) is 24.3 Å². The summed E-state index contributed by atoms with van der Waals surface area (Å²) in [6.45, 7) is 3.87. The lowest BCUT2D eigenvalue weighted by Gasteiger charge is -2.33. The Morgan fingerprint density at radius 3 is 2.78 bits per heavy atom. The van der Waals surface area contributed by atoms with Crippen molar-refractivity contribution in [1.29, 1.82) is 0 Å². The zero-order chi connectivity index (χ0) is 25.7. The average Bonchev–Trinajstić information content (AvgIpc) is 3.62. The van der Waals surface area contributed by atoms with E-state index in [1.165, 1.54) is 12.7 Å². The molecule has 9 nitrogen and oxygen atoms in total. The molecule has 6 rings (SSSR count). The van der Waals surface area contributed by atoms with Crippen molar-refractivity contribution in [2.75, 3.05) is 31.7 Å². The fourth-order valence-corrected chi connectivity index (χ4v) is 5.96. The molecule has 4 heterocycles. The number of hydrogen-bond donors (Lipinski definition) is 0. The van der Waals surface area contributed by atoms with Gasteiger partial charge in [0.05, 0.1) is 37.3 Å². The van der Waals surface area contributed by atoms with Crippen LogP contribution in [0.3, 0.4) is 0 Å². The first-order chi connectivity index (χ1) is 18.0. The van der Waals surface area contributed by atoms with Crippen LogP contribution < -0.4 is 9.64 Å². The highest BCUT2D eigenvalue weighted by atomic mass is 79.9. The molecule has 1 amide bonds. The largest absolute Gasteiger partial charge is 0.492 e. The van der Waals surface area contributed by atoms with Crippen LogP contribution in [0.5, 0.6) is 5.75 Å². The van der Waals surface area contributed by atoms with Crippen molar-refractivity contribution in [2.45, 2.75) is 32.4 Å². The second-order valence-electron chi connectivity index (χ2n) is 9.28. The van der Waals surface area contributed by atoms with Crippen molar-refractivity contribution in [2.24, 2.45) is 4.99 Å². The fourth-order valence-electron chi connectivity index (χ4n) is 5.30. The van der Waals surface area contributed by atoms with Crippen LogP contribution in [-0.2, 0) is 24.1 Å². The summed E-state index contributed by atoms with van der Waals surface area (Å²) >= 11 is 3.60. The summed E-state index contributed by atoms with van der Waals surface area (Å²) in [5.74, 6) is 1.16. The van der Waals surface area contributed by atoms with Crippen molar-refractivity contribution in [3.8, 4) is 5.75 Å². The number of amides is 1. The Morgan fingerprint density at radius 2 is 2.03 bits per heavy atom. The van der Waals surface area contributed by atoms with Gasteiger partial charge in [0.15, 0.2) is 11.5 Å². The third-order valence-corrected chi connectivity index (χ3v) is 7.55. The van der Waals surface area contributed by atoms with Crippen LogP contribution in [0.2, 0.25) is 0 Å². The molecule has 0 radical (unpaired) electrons. The van der Waals surface area contributed by atoms with Gasteiger partial charge in [0.25, 0.3) is 5.91 Å². The number of halogens is 1. The lowest BCUT2D eigenvalue weighted by atomic mass is 10.1. The van der Waals surface area contributed by atoms with Gasteiger partial charge in [-0.25, -0.2) is 14.8 Å². The van der Waals surface area contributed by atoms with Crippen molar-refractivity contribution >= 4 is 39.6 Å². The molecule has 1 aromatic heterocycles. The number of carbonyl (C=O) groups is 2. The number of rotatable bonds is 6. The predicted octanol–water partition coefficient (Wildman–Crippen LogP) is 3.68. The molecule has 3 aromatic rings. The average molecular weight is 564 g/mol. The van der Waals surface area contributed by atoms with Crippen LogP contribution in [0.1, 0.15) is 44.7 Å². The van der Waals surface area contributed by atoms with Crippen molar-refractivity contribution < 1.29 is 19.1 Å². The summed E-state index contributed by atoms with van der Waals surface area (Å²) in [6.07, 6.45) is 1.56. The van der Waals surface area contributed by atoms with Gasteiger partial charge in [-0.2, -0.15) is 0 Å². The number of anilines is 1. The third kappa shape index (κ3) is 3.99. The van der Waals surface area contributed by atoms with Crippen LogP contribution in [0, 0.1) is 0 Å². The van der Waals surface area contributed by atoms with Crippen LogP contribution in [-0.4, -0.2) is 65.1 Å². The number of ether oxygens (including phenoxy) is 2. The molecular formula is C27H26BrN5O4. The molecule has 1 unspecified atom stereocenters. The number of nitrogens with zero attached hydrogens (tertiary/aromatic N) is 5. The highest BCUT2D eigenvalue weighted by Gasteiger charge is 2.44.